The van der Waals surface area contributed by atoms with Crippen LogP contribution in [0.1, 0.15) is 23.2 Å². The predicted octanol–water partition coefficient (Wildman–Crippen LogP) is 3.87. The van der Waals surface area contributed by atoms with Gasteiger partial charge in [-0.2, -0.15) is 8.78 Å². The van der Waals surface area contributed by atoms with Crippen LogP contribution in [0.15, 0.2) is 35.5 Å². The highest BCUT2D eigenvalue weighted by Gasteiger charge is 2.26. The molecule has 2 heterocycles. The number of benzene rings is 1. The third-order valence-electron chi connectivity index (χ3n) is 5.35. The van der Waals surface area contributed by atoms with Crippen molar-refractivity contribution in [3.8, 4) is 11.5 Å². The lowest BCUT2D eigenvalue weighted by molar-refractivity contribution is -0.0495. The monoisotopic (exact) mass is 561 g/mol. The number of halogens is 3. The summed E-state index contributed by atoms with van der Waals surface area (Å²) in [5.74, 6) is 1.69. The van der Waals surface area contributed by atoms with Crippen LogP contribution in [0, 0.1) is 13.8 Å². The number of anilines is 1. The summed E-state index contributed by atoms with van der Waals surface area (Å²) in [5, 5.41) is 6.70. The summed E-state index contributed by atoms with van der Waals surface area (Å²) in [5.41, 5.74) is 3.54. The molecule has 0 radical (unpaired) electrons. The molecule has 7 nitrogen and oxygen atoms in total. The smallest absolute Gasteiger partial charge is 0.387 e. The topological polar surface area (TPSA) is 71.0 Å². The first-order chi connectivity index (χ1) is 14.9. The highest BCUT2D eigenvalue weighted by Crippen LogP contribution is 2.31. The quantitative estimate of drug-likeness (QED) is 0.304. The van der Waals surface area contributed by atoms with Gasteiger partial charge in [-0.1, -0.05) is 12.1 Å². The molecule has 0 aliphatic carbocycles. The Kier molecular flexibility index (Phi) is 9.73. The number of para-hydroxylation sites is 2. The molecule has 0 bridgehead atoms. The summed E-state index contributed by atoms with van der Waals surface area (Å²) in [7, 11) is 3.37. The van der Waals surface area contributed by atoms with Gasteiger partial charge >= 0.3 is 6.61 Å². The fourth-order valence-corrected chi connectivity index (χ4v) is 3.82. The molecular formula is C22H30F2IN5O2. The van der Waals surface area contributed by atoms with Crippen molar-refractivity contribution in [3.05, 3.63) is 47.3 Å². The fraction of sp³-hybridized carbons (Fsp3) is 0.455. The minimum Gasteiger partial charge on any atom is -0.496 e. The van der Waals surface area contributed by atoms with Crippen LogP contribution in [0.3, 0.4) is 0 Å². The Bertz CT molecular complexity index is 929. The Balaban J connectivity index is 0.00000363. The molecule has 1 saturated heterocycles. The first kappa shape index (κ1) is 25.9. The van der Waals surface area contributed by atoms with Gasteiger partial charge in [0.1, 0.15) is 11.5 Å². The number of alkyl halides is 2. The Morgan fingerprint density at radius 3 is 2.75 bits per heavy atom. The van der Waals surface area contributed by atoms with Gasteiger partial charge in [-0.05, 0) is 32.4 Å². The highest BCUT2D eigenvalue weighted by molar-refractivity contribution is 14.0. The molecular weight excluding hydrogens is 531 g/mol. The van der Waals surface area contributed by atoms with E-state index in [0.29, 0.717) is 24.7 Å². The Hall–Kier alpha value is -2.37. The number of methoxy groups -OCH3 is 1. The molecule has 0 amide bonds. The molecule has 1 aliphatic heterocycles. The first-order valence-corrected chi connectivity index (χ1v) is 10.2. The van der Waals surface area contributed by atoms with Crippen LogP contribution in [0.2, 0.25) is 0 Å². The van der Waals surface area contributed by atoms with Crippen molar-refractivity contribution >= 4 is 35.6 Å². The molecule has 10 heteroatoms. The summed E-state index contributed by atoms with van der Waals surface area (Å²) in [4.78, 5) is 10.8. The molecule has 1 aromatic heterocycles. The molecule has 1 fully saturated rings. The van der Waals surface area contributed by atoms with Crippen LogP contribution in [-0.4, -0.2) is 50.8 Å². The minimum atomic E-state index is -2.85. The lowest BCUT2D eigenvalue weighted by Gasteiger charge is -2.22. The maximum Gasteiger partial charge on any atom is 0.387 e. The van der Waals surface area contributed by atoms with E-state index in [-0.39, 0.29) is 35.8 Å². The van der Waals surface area contributed by atoms with E-state index in [1.807, 2.05) is 24.8 Å². The number of aryl methyl sites for hydroxylation is 1. The largest absolute Gasteiger partial charge is 0.496 e. The average molecular weight is 561 g/mol. The molecule has 0 saturated carbocycles. The number of hydrogen-bond donors (Lipinski definition) is 2. The molecule has 1 aliphatic rings. The molecule has 1 atom stereocenters. The van der Waals surface area contributed by atoms with Crippen LogP contribution < -0.4 is 25.0 Å². The average Bonchev–Trinajstić information content (AvgIpc) is 3.21. The maximum atomic E-state index is 12.7. The van der Waals surface area contributed by atoms with Crippen molar-refractivity contribution in [2.24, 2.45) is 4.99 Å². The van der Waals surface area contributed by atoms with E-state index >= 15 is 0 Å². The van der Waals surface area contributed by atoms with Gasteiger partial charge in [-0.25, -0.2) is 0 Å². The summed E-state index contributed by atoms with van der Waals surface area (Å²) in [6.45, 7) is 2.99. The zero-order valence-corrected chi connectivity index (χ0v) is 21.0. The van der Waals surface area contributed by atoms with Gasteiger partial charge in [0.25, 0.3) is 0 Å². The first-order valence-electron chi connectivity index (χ1n) is 10.2. The van der Waals surface area contributed by atoms with Crippen LogP contribution in [-0.2, 0) is 6.54 Å². The van der Waals surface area contributed by atoms with Crippen LogP contribution in [0.4, 0.5) is 14.5 Å². The Morgan fingerprint density at radius 2 is 2.06 bits per heavy atom. The van der Waals surface area contributed by atoms with Gasteiger partial charge < -0.3 is 25.0 Å². The zero-order chi connectivity index (χ0) is 22.4. The van der Waals surface area contributed by atoms with Gasteiger partial charge in [0, 0.05) is 43.5 Å². The van der Waals surface area contributed by atoms with E-state index in [2.05, 4.69) is 25.3 Å². The standard InChI is InChI=1S/C22H29F2N5O2.HI/c1-14-11-26-17(15(2)20(14)30-4)12-27-22(25-3)28-16-9-10-29(13-16)18-7-5-6-8-19(18)31-21(23)24;/h5-8,11,16,21H,9-10,12-13H2,1-4H3,(H2,25,27,28);1H. The molecule has 32 heavy (non-hydrogen) atoms. The van der Waals surface area contributed by atoms with E-state index in [0.717, 1.165) is 35.5 Å². The second-order valence-corrected chi connectivity index (χ2v) is 7.39. The SMILES string of the molecule is CN=C(NCc1ncc(C)c(OC)c1C)NC1CCN(c2ccccc2OC(F)F)C1.I. The Labute approximate surface area is 204 Å². The van der Waals surface area contributed by atoms with E-state index in [4.69, 9.17) is 4.74 Å². The zero-order valence-electron chi connectivity index (χ0n) is 18.7. The van der Waals surface area contributed by atoms with Gasteiger partial charge in [0.2, 0.25) is 0 Å². The van der Waals surface area contributed by atoms with Crippen LogP contribution >= 0.6 is 24.0 Å². The highest BCUT2D eigenvalue weighted by atomic mass is 127. The number of guanidine groups is 1. The van der Waals surface area contributed by atoms with Gasteiger partial charge in [-0.15, -0.1) is 24.0 Å². The van der Waals surface area contributed by atoms with Crippen molar-refractivity contribution in [1.29, 1.82) is 0 Å². The summed E-state index contributed by atoms with van der Waals surface area (Å²) < 4.78 is 35.6. The third kappa shape index (κ3) is 6.33. The van der Waals surface area contributed by atoms with Crippen molar-refractivity contribution in [2.75, 3.05) is 32.1 Å². The number of rotatable bonds is 7. The second kappa shape index (κ2) is 12.0. The number of pyridine rings is 1. The van der Waals surface area contributed by atoms with Gasteiger partial charge in [0.15, 0.2) is 5.96 Å². The van der Waals surface area contributed by atoms with E-state index in [1.165, 1.54) is 0 Å². The van der Waals surface area contributed by atoms with E-state index in [1.54, 1.807) is 38.6 Å². The minimum absolute atomic E-state index is 0. The number of nitrogens with one attached hydrogen (secondary N) is 2. The molecule has 1 aromatic carbocycles. The molecule has 176 valence electrons. The maximum absolute atomic E-state index is 12.7. The van der Waals surface area contributed by atoms with Crippen LogP contribution in [0.5, 0.6) is 11.5 Å². The molecule has 1 unspecified atom stereocenters. The summed E-state index contributed by atoms with van der Waals surface area (Å²) in [6, 6.07) is 6.99. The lowest BCUT2D eigenvalue weighted by atomic mass is 10.1. The molecule has 0 spiro atoms. The van der Waals surface area contributed by atoms with Crippen molar-refractivity contribution < 1.29 is 18.3 Å². The number of aromatic nitrogens is 1. The number of hydrogen-bond acceptors (Lipinski definition) is 5. The van der Waals surface area contributed by atoms with Gasteiger partial charge in [0.05, 0.1) is 25.0 Å². The van der Waals surface area contributed by atoms with E-state index in [9.17, 15) is 8.78 Å². The summed E-state index contributed by atoms with van der Waals surface area (Å²) in [6.07, 6.45) is 2.64. The second-order valence-electron chi connectivity index (χ2n) is 7.39. The molecule has 2 aromatic rings. The van der Waals surface area contributed by atoms with Crippen molar-refractivity contribution in [3.63, 3.8) is 0 Å². The predicted molar refractivity (Wildman–Crippen MR) is 133 cm³/mol. The normalized spacial score (nSPS) is 16.0. The number of ether oxygens (including phenoxy) is 2. The van der Waals surface area contributed by atoms with Crippen molar-refractivity contribution in [1.82, 2.24) is 15.6 Å². The molecule has 3 rings (SSSR count). The third-order valence-corrected chi connectivity index (χ3v) is 5.35. The Morgan fingerprint density at radius 1 is 1.31 bits per heavy atom. The number of nitrogens with zero attached hydrogens (tertiary/aromatic N) is 3. The fourth-order valence-electron chi connectivity index (χ4n) is 3.82. The molecule has 2 N–H and O–H groups in total. The number of aliphatic imine (C=N–C) groups is 1. The van der Waals surface area contributed by atoms with E-state index < -0.39 is 6.61 Å². The van der Waals surface area contributed by atoms with Gasteiger partial charge in [-0.3, -0.25) is 9.98 Å². The lowest BCUT2D eigenvalue weighted by Crippen LogP contribution is -2.44. The summed E-state index contributed by atoms with van der Waals surface area (Å²) >= 11 is 0. The van der Waals surface area contributed by atoms with Crippen LogP contribution in [0.25, 0.3) is 0 Å². The van der Waals surface area contributed by atoms with Crippen molar-refractivity contribution in [2.45, 2.75) is 39.5 Å².